The monoisotopic (exact) mass is 570 g/mol. The third kappa shape index (κ3) is 5.47. The van der Waals surface area contributed by atoms with Crippen molar-refractivity contribution in [2.45, 2.75) is 20.3 Å². The van der Waals surface area contributed by atoms with Crippen LogP contribution in [-0.4, -0.2) is 58.3 Å². The normalized spacial score (nSPS) is 13.5. The average Bonchev–Trinajstić information content (AvgIpc) is 3.48. The Balaban J connectivity index is 1.13. The van der Waals surface area contributed by atoms with E-state index in [4.69, 9.17) is 14.7 Å². The fourth-order valence-electron chi connectivity index (χ4n) is 5.56. The van der Waals surface area contributed by atoms with E-state index in [2.05, 4.69) is 97.7 Å². The molecule has 4 aromatic heterocycles. The summed E-state index contributed by atoms with van der Waals surface area (Å²) in [5, 5.41) is 4.73. The first-order valence-electron chi connectivity index (χ1n) is 14.7. The van der Waals surface area contributed by atoms with Crippen molar-refractivity contribution in [3.05, 3.63) is 90.5 Å². The highest BCUT2D eigenvalue weighted by molar-refractivity contribution is 5.95. The summed E-state index contributed by atoms with van der Waals surface area (Å²) < 4.78 is 5.54. The van der Waals surface area contributed by atoms with Gasteiger partial charge in [0, 0.05) is 71.4 Å². The molecule has 0 amide bonds. The summed E-state index contributed by atoms with van der Waals surface area (Å²) in [6.07, 6.45) is 4.61. The van der Waals surface area contributed by atoms with E-state index in [1.54, 1.807) is 0 Å². The van der Waals surface area contributed by atoms with Gasteiger partial charge in [-0.3, -0.25) is 9.97 Å². The maximum Gasteiger partial charge on any atom is 0.157 e. The van der Waals surface area contributed by atoms with Gasteiger partial charge in [-0.25, -0.2) is 9.97 Å². The third-order valence-electron chi connectivity index (χ3n) is 7.99. The highest BCUT2D eigenvalue weighted by atomic mass is 16.5. The minimum atomic E-state index is 0.757. The molecular formula is C34H34N8O. The predicted molar refractivity (Wildman–Crippen MR) is 174 cm³/mol. The minimum absolute atomic E-state index is 0.757. The van der Waals surface area contributed by atoms with Gasteiger partial charge in [0.2, 0.25) is 0 Å². The Labute approximate surface area is 250 Å². The molecule has 2 aromatic carbocycles. The lowest BCUT2D eigenvalue weighted by Crippen LogP contribution is -2.36. The van der Waals surface area contributed by atoms with Crippen LogP contribution in [-0.2, 0) is 11.2 Å². The number of benzene rings is 2. The van der Waals surface area contributed by atoms with E-state index in [0.29, 0.717) is 0 Å². The topological polar surface area (TPSA) is 95.1 Å². The van der Waals surface area contributed by atoms with Gasteiger partial charge < -0.3 is 24.8 Å². The number of aryl methyl sites for hydroxylation is 2. The molecule has 1 saturated heterocycles. The van der Waals surface area contributed by atoms with Gasteiger partial charge in [-0.1, -0.05) is 6.92 Å². The molecule has 1 fully saturated rings. The van der Waals surface area contributed by atoms with Crippen LogP contribution < -0.4 is 15.1 Å². The van der Waals surface area contributed by atoms with Crippen molar-refractivity contribution in [2.75, 3.05) is 48.5 Å². The van der Waals surface area contributed by atoms with Crippen LogP contribution in [0.25, 0.3) is 33.5 Å². The van der Waals surface area contributed by atoms with Crippen LogP contribution in [0.1, 0.15) is 18.3 Å². The number of ether oxygens (including phenoxy) is 1. The van der Waals surface area contributed by atoms with Crippen LogP contribution in [0.3, 0.4) is 0 Å². The molecule has 0 atom stereocenters. The van der Waals surface area contributed by atoms with Gasteiger partial charge in [0.25, 0.3) is 0 Å². The Morgan fingerprint density at radius 2 is 1.74 bits per heavy atom. The molecule has 0 spiro atoms. The summed E-state index contributed by atoms with van der Waals surface area (Å²) in [4.78, 5) is 26.6. The van der Waals surface area contributed by atoms with Crippen molar-refractivity contribution in [2.24, 2.45) is 0 Å². The summed E-state index contributed by atoms with van der Waals surface area (Å²) in [7, 11) is 2.04. The van der Waals surface area contributed by atoms with E-state index in [0.717, 1.165) is 100 Å². The Morgan fingerprint density at radius 1 is 0.907 bits per heavy atom. The van der Waals surface area contributed by atoms with Gasteiger partial charge in [0.15, 0.2) is 5.65 Å². The molecule has 216 valence electrons. The summed E-state index contributed by atoms with van der Waals surface area (Å²) in [6.45, 7) is 7.45. The van der Waals surface area contributed by atoms with Crippen molar-refractivity contribution in [3.63, 3.8) is 0 Å². The van der Waals surface area contributed by atoms with E-state index in [1.807, 2.05) is 32.4 Å². The number of morpholine rings is 1. The first-order chi connectivity index (χ1) is 21.0. The number of hydrogen-bond donors (Lipinski definition) is 2. The number of imidazole rings is 1. The Morgan fingerprint density at radius 3 is 2.56 bits per heavy atom. The molecule has 9 nitrogen and oxygen atoms in total. The van der Waals surface area contributed by atoms with Crippen molar-refractivity contribution >= 4 is 50.5 Å². The number of aromatic nitrogens is 5. The van der Waals surface area contributed by atoms with Crippen molar-refractivity contribution in [1.29, 1.82) is 0 Å². The molecule has 0 radical (unpaired) electrons. The molecule has 0 unspecified atom stereocenters. The van der Waals surface area contributed by atoms with Crippen molar-refractivity contribution < 1.29 is 4.74 Å². The number of H-pyrrole nitrogens is 1. The molecule has 1 aliphatic rings. The lowest BCUT2D eigenvalue weighted by atomic mass is 10.1. The minimum Gasteiger partial charge on any atom is -0.378 e. The van der Waals surface area contributed by atoms with E-state index in [-0.39, 0.29) is 0 Å². The highest BCUT2D eigenvalue weighted by Gasteiger charge is 2.14. The van der Waals surface area contributed by atoms with Gasteiger partial charge in [-0.05, 0) is 80.1 Å². The van der Waals surface area contributed by atoms with Gasteiger partial charge in [-0.15, -0.1) is 0 Å². The second kappa shape index (κ2) is 11.3. The number of rotatable bonds is 7. The maximum absolute atomic E-state index is 5.54. The van der Waals surface area contributed by atoms with Gasteiger partial charge in [0.05, 0.1) is 30.6 Å². The molecule has 0 bridgehead atoms. The largest absolute Gasteiger partial charge is 0.378 e. The van der Waals surface area contributed by atoms with Crippen LogP contribution in [0.15, 0.2) is 79.1 Å². The van der Waals surface area contributed by atoms with Crippen LogP contribution in [0, 0.1) is 6.92 Å². The molecule has 6 aromatic rings. The van der Waals surface area contributed by atoms with Gasteiger partial charge in [-0.2, -0.15) is 0 Å². The second-order valence-corrected chi connectivity index (χ2v) is 10.9. The summed E-state index contributed by atoms with van der Waals surface area (Å²) >= 11 is 0. The number of aromatic amines is 1. The third-order valence-corrected chi connectivity index (χ3v) is 7.99. The smallest absolute Gasteiger partial charge is 0.157 e. The Hall–Kier alpha value is -5.02. The van der Waals surface area contributed by atoms with E-state index in [1.165, 1.54) is 5.69 Å². The zero-order valence-corrected chi connectivity index (χ0v) is 24.6. The number of anilines is 5. The van der Waals surface area contributed by atoms with E-state index >= 15 is 0 Å². The SMILES string of the molecule is CCc1cc(N(C)c2cnc3[nH]c(-c4ccc(Nc5cc(C)nc6ccc(N7CCOCC7)cc56)cc4)nc3c2)ccn1. The van der Waals surface area contributed by atoms with Crippen LogP contribution >= 0.6 is 0 Å². The standard InChI is InChI=1S/C34H34N8O/c1-4-24-18-26(11-12-35-24)41(3)28-20-32-34(36-21-28)40-33(39-32)23-5-7-25(8-6-23)38-31-17-22(2)37-30-10-9-27(19-29(30)31)42-13-15-43-16-14-42/h5-12,17-21H,4,13-16H2,1-3H3,(H,37,38)(H,36,39,40). The van der Waals surface area contributed by atoms with Gasteiger partial charge in [0.1, 0.15) is 11.3 Å². The molecule has 7 rings (SSSR count). The predicted octanol–water partition coefficient (Wildman–Crippen LogP) is 6.79. The first-order valence-corrected chi connectivity index (χ1v) is 14.7. The number of hydrogen-bond acceptors (Lipinski definition) is 8. The molecule has 0 aliphatic carbocycles. The summed E-state index contributed by atoms with van der Waals surface area (Å²) in [5.41, 5.74) is 10.8. The fourth-order valence-corrected chi connectivity index (χ4v) is 5.56. The molecule has 2 N–H and O–H groups in total. The molecule has 0 saturated carbocycles. The molecule has 9 heteroatoms. The molecule has 43 heavy (non-hydrogen) atoms. The molecule has 5 heterocycles. The van der Waals surface area contributed by atoms with Crippen molar-refractivity contribution in [1.82, 2.24) is 24.9 Å². The second-order valence-electron chi connectivity index (χ2n) is 10.9. The number of nitrogens with one attached hydrogen (secondary N) is 2. The van der Waals surface area contributed by atoms with Crippen LogP contribution in [0.2, 0.25) is 0 Å². The molecule has 1 aliphatic heterocycles. The zero-order valence-electron chi connectivity index (χ0n) is 24.6. The Bertz CT molecular complexity index is 1910. The molecular weight excluding hydrogens is 536 g/mol. The first kappa shape index (κ1) is 26.9. The average molecular weight is 571 g/mol. The zero-order chi connectivity index (χ0) is 29.3. The fraction of sp³-hybridized carbons (Fsp3) is 0.235. The number of nitrogens with zero attached hydrogens (tertiary/aromatic N) is 6. The summed E-state index contributed by atoms with van der Waals surface area (Å²) in [6, 6.07) is 23.1. The quantitative estimate of drug-likeness (QED) is 0.217. The van der Waals surface area contributed by atoms with Crippen molar-refractivity contribution in [3.8, 4) is 11.4 Å². The van der Waals surface area contributed by atoms with Crippen LogP contribution in [0.5, 0.6) is 0 Å². The number of pyridine rings is 3. The van der Waals surface area contributed by atoms with E-state index in [9.17, 15) is 0 Å². The van der Waals surface area contributed by atoms with E-state index < -0.39 is 0 Å². The Kier molecular flexibility index (Phi) is 7.08. The van der Waals surface area contributed by atoms with Gasteiger partial charge >= 0.3 is 0 Å². The van der Waals surface area contributed by atoms with Crippen LogP contribution in [0.4, 0.5) is 28.4 Å². The number of fused-ring (bicyclic) bond motifs is 2. The highest BCUT2D eigenvalue weighted by Crippen LogP contribution is 2.32. The lowest BCUT2D eigenvalue weighted by Gasteiger charge is -2.29. The lowest BCUT2D eigenvalue weighted by molar-refractivity contribution is 0.122. The summed E-state index contributed by atoms with van der Waals surface area (Å²) in [5.74, 6) is 0.784. The maximum atomic E-state index is 5.54.